The van der Waals surface area contributed by atoms with Crippen LogP contribution in [-0.4, -0.2) is 41.2 Å². The van der Waals surface area contributed by atoms with Gasteiger partial charge in [0.15, 0.2) is 6.29 Å². The highest BCUT2D eigenvalue weighted by Crippen LogP contribution is 2.04. The largest absolute Gasteiger partial charge is 0.383 e. The molecule has 2 rings (SSSR count). The summed E-state index contributed by atoms with van der Waals surface area (Å²) in [4.78, 5) is 22.8. The monoisotopic (exact) mass is 362 g/mol. The third kappa shape index (κ3) is 6.43. The van der Waals surface area contributed by atoms with E-state index < -0.39 is 18.1 Å². The van der Waals surface area contributed by atoms with Gasteiger partial charge < -0.3 is 20.4 Å². The van der Waals surface area contributed by atoms with E-state index in [4.69, 9.17) is 5.21 Å². The number of aldehydes is 1. The Kier molecular flexibility index (Phi) is 7.77. The molecule has 1 amide bonds. The molecule has 2 aromatic rings. The first-order valence-electron chi connectivity index (χ1n) is 8.12. The Morgan fingerprint density at radius 2 is 1.59 bits per heavy atom. The fourth-order valence-electron chi connectivity index (χ4n) is 2.14. The SMILES string of the molecule is O=CC(O)C(CNO)NC(=O)c1ccc(C#CC#Cc2ccccc2)cc1. The molecule has 0 heterocycles. The second-order valence-electron chi connectivity index (χ2n) is 5.51. The Bertz CT molecular complexity index is 887. The number of hydrogen-bond donors (Lipinski definition) is 4. The van der Waals surface area contributed by atoms with Crippen molar-refractivity contribution in [3.63, 3.8) is 0 Å². The van der Waals surface area contributed by atoms with Gasteiger partial charge in [0.1, 0.15) is 6.10 Å². The maximum Gasteiger partial charge on any atom is 0.251 e. The van der Waals surface area contributed by atoms with Crippen LogP contribution in [0.2, 0.25) is 0 Å². The van der Waals surface area contributed by atoms with Crippen molar-refractivity contribution in [2.24, 2.45) is 0 Å². The van der Waals surface area contributed by atoms with Crippen molar-refractivity contribution >= 4 is 12.2 Å². The smallest absolute Gasteiger partial charge is 0.251 e. The van der Waals surface area contributed by atoms with Crippen molar-refractivity contribution < 1.29 is 19.9 Å². The molecule has 2 aromatic carbocycles. The van der Waals surface area contributed by atoms with E-state index in [1.54, 1.807) is 24.3 Å². The molecule has 4 N–H and O–H groups in total. The van der Waals surface area contributed by atoms with E-state index in [2.05, 4.69) is 29.0 Å². The summed E-state index contributed by atoms with van der Waals surface area (Å²) in [6.07, 6.45) is -1.14. The molecule has 0 aliphatic heterocycles. The number of aliphatic hydroxyl groups is 1. The van der Waals surface area contributed by atoms with Gasteiger partial charge in [-0.1, -0.05) is 30.0 Å². The summed E-state index contributed by atoms with van der Waals surface area (Å²) in [5, 5.41) is 20.7. The van der Waals surface area contributed by atoms with Gasteiger partial charge in [0.25, 0.3) is 5.91 Å². The first-order chi connectivity index (χ1) is 13.1. The average Bonchev–Trinajstić information content (AvgIpc) is 2.71. The number of benzene rings is 2. The van der Waals surface area contributed by atoms with Crippen LogP contribution in [-0.2, 0) is 4.79 Å². The molecule has 6 heteroatoms. The van der Waals surface area contributed by atoms with Gasteiger partial charge in [-0.25, -0.2) is 5.48 Å². The number of aliphatic hydroxyl groups excluding tert-OH is 1. The van der Waals surface area contributed by atoms with Crippen LogP contribution >= 0.6 is 0 Å². The maximum atomic E-state index is 12.2. The Labute approximate surface area is 157 Å². The molecule has 0 saturated heterocycles. The summed E-state index contributed by atoms with van der Waals surface area (Å²) >= 11 is 0. The van der Waals surface area contributed by atoms with Crippen molar-refractivity contribution in [3.05, 3.63) is 71.3 Å². The zero-order chi connectivity index (χ0) is 19.5. The van der Waals surface area contributed by atoms with E-state index in [1.807, 2.05) is 35.8 Å². The Morgan fingerprint density at radius 3 is 2.15 bits per heavy atom. The maximum absolute atomic E-state index is 12.2. The minimum Gasteiger partial charge on any atom is -0.383 e. The Balaban J connectivity index is 2.00. The van der Waals surface area contributed by atoms with Crippen LogP contribution in [0.1, 0.15) is 21.5 Å². The van der Waals surface area contributed by atoms with Gasteiger partial charge in [-0.05, 0) is 48.2 Å². The number of amides is 1. The minimum absolute atomic E-state index is 0.171. The fourth-order valence-corrected chi connectivity index (χ4v) is 2.14. The van der Waals surface area contributed by atoms with Gasteiger partial charge in [-0.2, -0.15) is 0 Å². The predicted molar refractivity (Wildman–Crippen MR) is 99.8 cm³/mol. The molecule has 0 aromatic heterocycles. The van der Waals surface area contributed by atoms with Crippen molar-refractivity contribution in [2.75, 3.05) is 6.54 Å². The van der Waals surface area contributed by atoms with Gasteiger partial charge in [0.05, 0.1) is 6.04 Å². The molecule has 136 valence electrons. The van der Waals surface area contributed by atoms with E-state index in [0.29, 0.717) is 11.1 Å². The molecule has 27 heavy (non-hydrogen) atoms. The number of carbonyl (C=O) groups is 2. The van der Waals surface area contributed by atoms with E-state index in [9.17, 15) is 14.7 Å². The average molecular weight is 362 g/mol. The quantitative estimate of drug-likeness (QED) is 0.345. The van der Waals surface area contributed by atoms with Gasteiger partial charge in [-0.3, -0.25) is 4.79 Å². The molecular formula is C21H18N2O4. The zero-order valence-electron chi connectivity index (χ0n) is 14.3. The Morgan fingerprint density at radius 1 is 1.00 bits per heavy atom. The standard InChI is InChI=1S/C21H18N2O4/c24-15-20(25)19(14-22-27)23-21(26)18-12-10-17(11-13-18)9-5-4-8-16-6-2-1-3-7-16/h1-3,6-7,10-13,15,19-20,22,25,27H,14H2,(H,23,26). The summed E-state index contributed by atoms with van der Waals surface area (Å²) < 4.78 is 0. The van der Waals surface area contributed by atoms with Crippen molar-refractivity contribution in [2.45, 2.75) is 12.1 Å². The molecule has 0 bridgehead atoms. The number of rotatable bonds is 6. The van der Waals surface area contributed by atoms with Crippen LogP contribution in [0.5, 0.6) is 0 Å². The summed E-state index contributed by atoms with van der Waals surface area (Å²) in [6.45, 7) is -0.171. The van der Waals surface area contributed by atoms with Crippen molar-refractivity contribution in [1.82, 2.24) is 10.8 Å². The van der Waals surface area contributed by atoms with Crippen LogP contribution in [0, 0.1) is 23.7 Å². The van der Waals surface area contributed by atoms with Gasteiger partial charge in [-0.15, -0.1) is 0 Å². The molecule has 2 unspecified atom stereocenters. The lowest BCUT2D eigenvalue weighted by Crippen LogP contribution is -2.49. The second-order valence-corrected chi connectivity index (χ2v) is 5.51. The molecular weight excluding hydrogens is 344 g/mol. The molecule has 0 spiro atoms. The molecule has 0 aliphatic carbocycles. The highest BCUT2D eigenvalue weighted by atomic mass is 16.5. The van der Waals surface area contributed by atoms with Crippen LogP contribution in [0.3, 0.4) is 0 Å². The van der Waals surface area contributed by atoms with Crippen molar-refractivity contribution in [3.8, 4) is 23.7 Å². The molecule has 0 aliphatic rings. The highest BCUT2D eigenvalue weighted by Gasteiger charge is 2.21. The normalized spacial score (nSPS) is 11.8. The lowest BCUT2D eigenvalue weighted by molar-refractivity contribution is -0.116. The van der Waals surface area contributed by atoms with Gasteiger partial charge in [0.2, 0.25) is 0 Å². The van der Waals surface area contributed by atoms with E-state index in [0.717, 1.165) is 5.56 Å². The lowest BCUT2D eigenvalue weighted by atomic mass is 10.1. The third-order valence-electron chi connectivity index (χ3n) is 3.58. The summed E-state index contributed by atoms with van der Waals surface area (Å²) in [5.41, 5.74) is 3.72. The van der Waals surface area contributed by atoms with Crippen LogP contribution in [0.15, 0.2) is 54.6 Å². The number of nitrogens with one attached hydrogen (secondary N) is 2. The zero-order valence-corrected chi connectivity index (χ0v) is 14.3. The van der Waals surface area contributed by atoms with Crippen LogP contribution < -0.4 is 10.8 Å². The van der Waals surface area contributed by atoms with Crippen molar-refractivity contribution in [1.29, 1.82) is 0 Å². The highest BCUT2D eigenvalue weighted by molar-refractivity contribution is 5.94. The lowest BCUT2D eigenvalue weighted by Gasteiger charge is -2.19. The van der Waals surface area contributed by atoms with E-state index in [-0.39, 0.29) is 12.8 Å². The molecule has 2 atom stereocenters. The number of carbonyl (C=O) groups excluding carboxylic acids is 2. The Hall–Kier alpha value is -3.42. The third-order valence-corrected chi connectivity index (χ3v) is 3.58. The number of hydroxylamine groups is 1. The first kappa shape index (κ1) is 19.9. The predicted octanol–water partition coefficient (Wildman–Crippen LogP) is 0.727. The molecule has 0 saturated carbocycles. The fraction of sp³-hybridized carbons (Fsp3) is 0.143. The van der Waals surface area contributed by atoms with E-state index >= 15 is 0 Å². The molecule has 6 nitrogen and oxygen atoms in total. The van der Waals surface area contributed by atoms with Gasteiger partial charge in [0, 0.05) is 23.2 Å². The summed E-state index contributed by atoms with van der Waals surface area (Å²) in [7, 11) is 0. The molecule has 0 radical (unpaired) electrons. The van der Waals surface area contributed by atoms with Crippen LogP contribution in [0.4, 0.5) is 0 Å². The first-order valence-corrected chi connectivity index (χ1v) is 8.12. The van der Waals surface area contributed by atoms with E-state index in [1.165, 1.54) is 0 Å². The second kappa shape index (κ2) is 10.5. The summed E-state index contributed by atoms with van der Waals surface area (Å²) in [6, 6.07) is 15.0. The topological polar surface area (TPSA) is 98.7 Å². The summed E-state index contributed by atoms with van der Waals surface area (Å²) in [5.74, 6) is 10.8. The molecule has 0 fully saturated rings. The van der Waals surface area contributed by atoms with Crippen LogP contribution in [0.25, 0.3) is 0 Å². The van der Waals surface area contributed by atoms with Gasteiger partial charge >= 0.3 is 0 Å². The minimum atomic E-state index is -1.43. The number of hydrogen-bond acceptors (Lipinski definition) is 5.